The van der Waals surface area contributed by atoms with Gasteiger partial charge in [-0.05, 0) is 23.6 Å². The topological polar surface area (TPSA) is 49.3 Å². The summed E-state index contributed by atoms with van der Waals surface area (Å²) in [5, 5.41) is 11.3. The van der Waals surface area contributed by atoms with E-state index < -0.39 is 11.7 Å². The molecule has 2 N–H and O–H groups in total. The van der Waals surface area contributed by atoms with Crippen molar-refractivity contribution in [3.8, 4) is 11.8 Å². The summed E-state index contributed by atoms with van der Waals surface area (Å²) in [5.74, 6) is 4.42. The number of hydrogen-bond donors (Lipinski definition) is 2. The third-order valence-electron chi connectivity index (χ3n) is 2.46. The summed E-state index contributed by atoms with van der Waals surface area (Å²) < 4.78 is 13.9. The zero-order valence-corrected chi connectivity index (χ0v) is 12.1. The standard InChI is InChI=1S/C16H20FNO2/c1-16(2,3)11-18-15(20)13-8-7-12(10-14(13)17)6-4-5-9-19/h7-8,10,19H,5,9,11H2,1-3H3,(H,18,20). The molecule has 0 unspecified atom stereocenters. The number of nitrogens with one attached hydrogen (secondary N) is 1. The summed E-state index contributed by atoms with van der Waals surface area (Å²) in [6.07, 6.45) is 0.343. The Morgan fingerprint density at radius 3 is 2.65 bits per heavy atom. The minimum absolute atomic E-state index is 0.0157. The molecular weight excluding hydrogens is 257 g/mol. The van der Waals surface area contributed by atoms with Crippen LogP contribution in [-0.4, -0.2) is 24.2 Å². The van der Waals surface area contributed by atoms with Gasteiger partial charge in [0.25, 0.3) is 5.91 Å². The Morgan fingerprint density at radius 1 is 1.40 bits per heavy atom. The number of aliphatic hydroxyl groups excluding tert-OH is 1. The van der Waals surface area contributed by atoms with Gasteiger partial charge in [-0.1, -0.05) is 32.6 Å². The van der Waals surface area contributed by atoms with E-state index >= 15 is 0 Å². The molecule has 20 heavy (non-hydrogen) atoms. The van der Waals surface area contributed by atoms with Gasteiger partial charge in [0.15, 0.2) is 0 Å². The van der Waals surface area contributed by atoms with E-state index in [-0.39, 0.29) is 17.6 Å². The molecule has 0 atom stereocenters. The highest BCUT2D eigenvalue weighted by atomic mass is 19.1. The van der Waals surface area contributed by atoms with E-state index in [2.05, 4.69) is 17.2 Å². The predicted octanol–water partition coefficient (Wildman–Crippen LogP) is 2.34. The van der Waals surface area contributed by atoms with Crippen molar-refractivity contribution in [3.05, 3.63) is 35.1 Å². The second kappa shape index (κ2) is 7.06. The molecule has 1 amide bonds. The minimum atomic E-state index is -0.591. The second-order valence-electron chi connectivity index (χ2n) is 5.71. The summed E-state index contributed by atoms with van der Waals surface area (Å²) in [7, 11) is 0. The van der Waals surface area contributed by atoms with Crippen LogP contribution in [0.4, 0.5) is 4.39 Å². The average Bonchev–Trinajstić information content (AvgIpc) is 2.35. The number of aliphatic hydroxyl groups is 1. The van der Waals surface area contributed by atoms with Crippen LogP contribution < -0.4 is 5.32 Å². The van der Waals surface area contributed by atoms with Crippen LogP contribution in [0.2, 0.25) is 0 Å². The molecule has 3 nitrogen and oxygen atoms in total. The van der Waals surface area contributed by atoms with Gasteiger partial charge in [0, 0.05) is 18.5 Å². The molecule has 1 aromatic rings. The van der Waals surface area contributed by atoms with Gasteiger partial charge in [-0.25, -0.2) is 4.39 Å². The van der Waals surface area contributed by atoms with Crippen molar-refractivity contribution in [1.82, 2.24) is 5.32 Å². The quantitative estimate of drug-likeness (QED) is 0.833. The highest BCUT2D eigenvalue weighted by Gasteiger charge is 2.15. The SMILES string of the molecule is CC(C)(C)CNC(=O)c1ccc(C#CCCO)cc1F. The Bertz CT molecular complexity index is 536. The fraction of sp³-hybridized carbons (Fsp3) is 0.438. The molecule has 0 aliphatic rings. The Morgan fingerprint density at radius 2 is 2.10 bits per heavy atom. The van der Waals surface area contributed by atoms with Crippen molar-refractivity contribution >= 4 is 5.91 Å². The molecule has 0 aliphatic heterocycles. The number of carbonyl (C=O) groups excluding carboxylic acids is 1. The molecule has 0 aromatic heterocycles. The molecule has 0 saturated carbocycles. The Labute approximate surface area is 119 Å². The first kappa shape index (κ1) is 16.2. The predicted molar refractivity (Wildman–Crippen MR) is 76.8 cm³/mol. The molecular formula is C16H20FNO2. The lowest BCUT2D eigenvalue weighted by Gasteiger charge is -2.18. The molecule has 108 valence electrons. The van der Waals surface area contributed by atoms with E-state index in [1.807, 2.05) is 20.8 Å². The number of carbonyl (C=O) groups is 1. The molecule has 0 saturated heterocycles. The number of amides is 1. The van der Waals surface area contributed by atoms with Gasteiger partial charge in [-0.15, -0.1) is 0 Å². The molecule has 0 aliphatic carbocycles. The third-order valence-corrected chi connectivity index (χ3v) is 2.46. The van der Waals surface area contributed by atoms with E-state index in [1.54, 1.807) is 6.07 Å². The molecule has 1 rings (SSSR count). The van der Waals surface area contributed by atoms with Gasteiger partial charge in [-0.2, -0.15) is 0 Å². The van der Waals surface area contributed by atoms with E-state index in [0.29, 0.717) is 18.5 Å². The minimum Gasteiger partial charge on any atom is -0.395 e. The van der Waals surface area contributed by atoms with E-state index in [9.17, 15) is 9.18 Å². The molecule has 4 heteroatoms. The van der Waals surface area contributed by atoms with Crippen LogP contribution in [0.3, 0.4) is 0 Å². The summed E-state index contributed by atoms with van der Waals surface area (Å²) in [5.41, 5.74) is 0.451. The van der Waals surface area contributed by atoms with Gasteiger partial charge < -0.3 is 10.4 Å². The highest BCUT2D eigenvalue weighted by Crippen LogP contribution is 2.13. The number of rotatable bonds is 3. The van der Waals surface area contributed by atoms with Crippen LogP contribution >= 0.6 is 0 Å². The lowest BCUT2D eigenvalue weighted by atomic mass is 9.97. The average molecular weight is 277 g/mol. The van der Waals surface area contributed by atoms with Crippen molar-refractivity contribution in [2.45, 2.75) is 27.2 Å². The van der Waals surface area contributed by atoms with Gasteiger partial charge in [0.1, 0.15) is 5.82 Å². The fourth-order valence-corrected chi connectivity index (χ4v) is 1.44. The van der Waals surface area contributed by atoms with Crippen molar-refractivity contribution < 1.29 is 14.3 Å². The second-order valence-corrected chi connectivity index (χ2v) is 5.71. The van der Waals surface area contributed by atoms with Gasteiger partial charge >= 0.3 is 0 Å². The fourth-order valence-electron chi connectivity index (χ4n) is 1.44. The van der Waals surface area contributed by atoms with E-state index in [0.717, 1.165) is 0 Å². The lowest BCUT2D eigenvalue weighted by Crippen LogP contribution is -2.32. The largest absolute Gasteiger partial charge is 0.395 e. The highest BCUT2D eigenvalue weighted by molar-refractivity contribution is 5.94. The van der Waals surface area contributed by atoms with Crippen molar-refractivity contribution in [1.29, 1.82) is 0 Å². The Balaban J connectivity index is 2.78. The first-order valence-corrected chi connectivity index (χ1v) is 6.51. The molecule has 0 heterocycles. The Kier molecular flexibility index (Phi) is 5.72. The van der Waals surface area contributed by atoms with E-state index in [1.165, 1.54) is 12.1 Å². The van der Waals surface area contributed by atoms with Gasteiger partial charge in [-0.3, -0.25) is 4.79 Å². The maximum atomic E-state index is 13.9. The molecule has 1 aromatic carbocycles. The normalized spacial score (nSPS) is 10.7. The van der Waals surface area contributed by atoms with Crippen LogP contribution in [-0.2, 0) is 0 Å². The number of benzene rings is 1. The van der Waals surface area contributed by atoms with Crippen LogP contribution in [0.15, 0.2) is 18.2 Å². The third kappa shape index (κ3) is 5.41. The maximum Gasteiger partial charge on any atom is 0.254 e. The maximum absolute atomic E-state index is 13.9. The zero-order chi connectivity index (χ0) is 15.2. The lowest BCUT2D eigenvalue weighted by molar-refractivity contribution is 0.0935. The summed E-state index contributed by atoms with van der Waals surface area (Å²) in [6, 6.07) is 4.26. The van der Waals surface area contributed by atoms with Crippen LogP contribution in [0.25, 0.3) is 0 Å². The Hall–Kier alpha value is -1.86. The smallest absolute Gasteiger partial charge is 0.254 e. The van der Waals surface area contributed by atoms with E-state index in [4.69, 9.17) is 5.11 Å². The summed E-state index contributed by atoms with van der Waals surface area (Å²) in [4.78, 5) is 11.9. The molecule has 0 fully saturated rings. The number of hydrogen-bond acceptors (Lipinski definition) is 2. The molecule has 0 bridgehead atoms. The summed E-state index contributed by atoms with van der Waals surface area (Å²) >= 11 is 0. The van der Waals surface area contributed by atoms with Gasteiger partial charge in [0.05, 0.1) is 12.2 Å². The van der Waals surface area contributed by atoms with Crippen LogP contribution in [0.1, 0.15) is 43.1 Å². The molecule has 0 spiro atoms. The first-order valence-electron chi connectivity index (χ1n) is 6.51. The van der Waals surface area contributed by atoms with Crippen molar-refractivity contribution in [2.24, 2.45) is 5.41 Å². The first-order chi connectivity index (χ1) is 9.33. The number of halogens is 1. The molecule has 0 radical (unpaired) electrons. The van der Waals surface area contributed by atoms with Crippen LogP contribution in [0.5, 0.6) is 0 Å². The van der Waals surface area contributed by atoms with Crippen molar-refractivity contribution in [3.63, 3.8) is 0 Å². The summed E-state index contributed by atoms with van der Waals surface area (Å²) in [6.45, 7) is 6.42. The van der Waals surface area contributed by atoms with Crippen molar-refractivity contribution in [2.75, 3.05) is 13.2 Å². The monoisotopic (exact) mass is 277 g/mol. The van der Waals surface area contributed by atoms with Crippen LogP contribution in [0, 0.1) is 23.1 Å². The van der Waals surface area contributed by atoms with Gasteiger partial charge in [0.2, 0.25) is 0 Å². The zero-order valence-electron chi connectivity index (χ0n) is 12.1.